The quantitative estimate of drug-likeness (QED) is 0.793. The summed E-state index contributed by atoms with van der Waals surface area (Å²) in [5, 5.41) is 16.9. The molecule has 1 amide bonds. The number of aliphatic hydroxyl groups excluding tert-OH is 1. The van der Waals surface area contributed by atoms with Crippen molar-refractivity contribution in [1.29, 1.82) is 0 Å². The van der Waals surface area contributed by atoms with Crippen molar-refractivity contribution in [1.82, 2.24) is 24.6 Å². The summed E-state index contributed by atoms with van der Waals surface area (Å²) in [6.45, 7) is 3.32. The Labute approximate surface area is 152 Å². The molecular weight excluding hydrogens is 337 g/mol. The van der Waals surface area contributed by atoms with Gasteiger partial charge in [-0.3, -0.25) is 9.69 Å². The van der Waals surface area contributed by atoms with Gasteiger partial charge in [0.1, 0.15) is 18.5 Å². The predicted octanol–water partition coefficient (Wildman–Crippen LogP) is 0.903. The summed E-state index contributed by atoms with van der Waals surface area (Å²) >= 11 is 0. The van der Waals surface area contributed by atoms with Crippen LogP contribution < -0.4 is 0 Å². The number of carbonyl (C=O) groups excluding carboxylic acids is 1. The number of nitrogens with zero attached hydrogens (tertiary/aromatic N) is 5. The molecule has 3 rings (SSSR count). The first-order valence-corrected chi connectivity index (χ1v) is 8.85. The van der Waals surface area contributed by atoms with Crippen LogP contribution in [0.4, 0.5) is 4.39 Å². The van der Waals surface area contributed by atoms with Crippen molar-refractivity contribution in [2.75, 3.05) is 26.2 Å². The van der Waals surface area contributed by atoms with Gasteiger partial charge in [0.2, 0.25) is 5.91 Å². The molecule has 0 aliphatic carbocycles. The lowest BCUT2D eigenvalue weighted by Gasteiger charge is -2.41. The molecule has 8 heteroatoms. The molecule has 0 radical (unpaired) electrons. The number of halogens is 1. The highest BCUT2D eigenvalue weighted by atomic mass is 19.1. The van der Waals surface area contributed by atoms with Crippen LogP contribution in [0.2, 0.25) is 0 Å². The Kier molecular flexibility index (Phi) is 6.30. The van der Waals surface area contributed by atoms with E-state index in [-0.39, 0.29) is 24.4 Å². The minimum atomic E-state index is -0.246. The molecule has 0 saturated carbocycles. The van der Waals surface area contributed by atoms with Crippen molar-refractivity contribution in [3.05, 3.63) is 48.3 Å². The van der Waals surface area contributed by atoms with Crippen LogP contribution in [0.3, 0.4) is 0 Å². The van der Waals surface area contributed by atoms with Gasteiger partial charge < -0.3 is 14.6 Å². The number of carbonyl (C=O) groups is 1. The summed E-state index contributed by atoms with van der Waals surface area (Å²) < 4.78 is 14.9. The van der Waals surface area contributed by atoms with E-state index in [1.807, 2.05) is 4.90 Å². The van der Waals surface area contributed by atoms with Crippen LogP contribution in [0.5, 0.6) is 0 Å². The van der Waals surface area contributed by atoms with Crippen molar-refractivity contribution < 1.29 is 14.3 Å². The molecule has 1 aromatic carbocycles. The summed E-state index contributed by atoms with van der Waals surface area (Å²) in [5.41, 5.74) is 1.03. The van der Waals surface area contributed by atoms with Gasteiger partial charge in [-0.1, -0.05) is 12.1 Å². The van der Waals surface area contributed by atoms with Crippen LogP contribution in [-0.4, -0.2) is 67.9 Å². The smallest absolute Gasteiger partial charge is 0.224 e. The fraction of sp³-hybridized carbons (Fsp3) is 0.500. The minimum absolute atomic E-state index is 0.0767. The highest BCUT2D eigenvalue weighted by molar-refractivity contribution is 5.76. The van der Waals surface area contributed by atoms with E-state index in [9.17, 15) is 14.3 Å². The third kappa shape index (κ3) is 4.86. The summed E-state index contributed by atoms with van der Waals surface area (Å²) in [6, 6.07) is 6.57. The SMILES string of the molecule is O=C(CCn1cnnc1)N1CCN(Cc2ccc(F)cc2)C(CCO)C1. The Morgan fingerprint density at radius 1 is 1.19 bits per heavy atom. The number of hydrogen-bond acceptors (Lipinski definition) is 5. The standard InChI is InChI=1S/C18H24FN5O2/c19-16-3-1-15(2-4-16)11-23-8-9-24(12-17(23)6-10-25)18(26)5-7-22-13-20-21-14-22/h1-4,13-14,17,25H,5-12H2. The lowest BCUT2D eigenvalue weighted by Crippen LogP contribution is -2.54. The summed E-state index contributed by atoms with van der Waals surface area (Å²) in [7, 11) is 0. The third-order valence-corrected chi connectivity index (χ3v) is 4.77. The van der Waals surface area contributed by atoms with Gasteiger partial charge in [0, 0.05) is 51.8 Å². The maximum Gasteiger partial charge on any atom is 0.224 e. The molecule has 1 atom stereocenters. The van der Waals surface area contributed by atoms with E-state index in [0.717, 1.165) is 12.1 Å². The molecule has 1 aliphatic heterocycles. The molecule has 7 nitrogen and oxygen atoms in total. The Morgan fingerprint density at radius 3 is 2.62 bits per heavy atom. The van der Waals surface area contributed by atoms with Crippen molar-refractivity contribution in [3.63, 3.8) is 0 Å². The molecule has 0 spiro atoms. The maximum atomic E-state index is 13.1. The zero-order valence-electron chi connectivity index (χ0n) is 14.7. The van der Waals surface area contributed by atoms with E-state index in [4.69, 9.17) is 0 Å². The average Bonchev–Trinajstić information content (AvgIpc) is 3.17. The van der Waals surface area contributed by atoms with Crippen LogP contribution in [0.1, 0.15) is 18.4 Å². The van der Waals surface area contributed by atoms with E-state index in [2.05, 4.69) is 15.1 Å². The fourth-order valence-electron chi connectivity index (χ4n) is 3.30. The van der Waals surface area contributed by atoms with Gasteiger partial charge in [-0.2, -0.15) is 0 Å². The number of aliphatic hydroxyl groups is 1. The van der Waals surface area contributed by atoms with Gasteiger partial charge in [-0.25, -0.2) is 4.39 Å². The average molecular weight is 361 g/mol. The number of aryl methyl sites for hydroxylation is 1. The molecule has 1 N–H and O–H groups in total. The molecule has 26 heavy (non-hydrogen) atoms. The van der Waals surface area contributed by atoms with Gasteiger partial charge in [-0.05, 0) is 24.1 Å². The van der Waals surface area contributed by atoms with Crippen LogP contribution in [0.25, 0.3) is 0 Å². The molecule has 140 valence electrons. The second-order valence-corrected chi connectivity index (χ2v) is 6.55. The highest BCUT2D eigenvalue weighted by Gasteiger charge is 2.29. The number of piperazine rings is 1. The van der Waals surface area contributed by atoms with E-state index in [1.54, 1.807) is 29.4 Å². The van der Waals surface area contributed by atoms with Crippen LogP contribution in [0, 0.1) is 5.82 Å². The van der Waals surface area contributed by atoms with Gasteiger partial charge in [0.05, 0.1) is 0 Å². The zero-order chi connectivity index (χ0) is 18.4. The molecule has 2 heterocycles. The van der Waals surface area contributed by atoms with Crippen molar-refractivity contribution in [2.24, 2.45) is 0 Å². The Hall–Kier alpha value is -2.32. The van der Waals surface area contributed by atoms with E-state index in [1.165, 1.54) is 12.1 Å². The Balaban J connectivity index is 1.56. The lowest BCUT2D eigenvalue weighted by atomic mass is 10.1. The van der Waals surface area contributed by atoms with Gasteiger partial charge in [0.25, 0.3) is 0 Å². The van der Waals surface area contributed by atoms with Crippen molar-refractivity contribution >= 4 is 5.91 Å². The monoisotopic (exact) mass is 361 g/mol. The largest absolute Gasteiger partial charge is 0.396 e. The Bertz CT molecular complexity index is 692. The van der Waals surface area contributed by atoms with Crippen LogP contribution in [-0.2, 0) is 17.9 Å². The minimum Gasteiger partial charge on any atom is -0.396 e. The molecule has 1 saturated heterocycles. The number of rotatable bonds is 7. The first kappa shape index (κ1) is 18.5. The number of amides is 1. The number of aromatic nitrogens is 3. The summed E-state index contributed by atoms with van der Waals surface area (Å²) in [6.07, 6.45) is 4.21. The molecule has 0 bridgehead atoms. The molecule has 2 aromatic rings. The molecule has 1 aliphatic rings. The Morgan fingerprint density at radius 2 is 1.92 bits per heavy atom. The van der Waals surface area contributed by atoms with E-state index < -0.39 is 0 Å². The van der Waals surface area contributed by atoms with Gasteiger partial charge >= 0.3 is 0 Å². The second-order valence-electron chi connectivity index (χ2n) is 6.55. The predicted molar refractivity (Wildman–Crippen MR) is 93.5 cm³/mol. The van der Waals surface area contributed by atoms with Crippen LogP contribution in [0.15, 0.2) is 36.9 Å². The van der Waals surface area contributed by atoms with Crippen LogP contribution >= 0.6 is 0 Å². The van der Waals surface area contributed by atoms with Crippen molar-refractivity contribution in [2.45, 2.75) is 32.0 Å². The third-order valence-electron chi connectivity index (χ3n) is 4.77. The molecule has 1 aromatic heterocycles. The first-order valence-electron chi connectivity index (χ1n) is 8.85. The van der Waals surface area contributed by atoms with Gasteiger partial charge in [0.15, 0.2) is 0 Å². The zero-order valence-corrected chi connectivity index (χ0v) is 14.7. The topological polar surface area (TPSA) is 74.5 Å². The molecular formula is C18H24FN5O2. The first-order chi connectivity index (χ1) is 12.7. The fourth-order valence-corrected chi connectivity index (χ4v) is 3.30. The van der Waals surface area contributed by atoms with E-state index in [0.29, 0.717) is 39.0 Å². The molecule has 1 fully saturated rings. The highest BCUT2D eigenvalue weighted by Crippen LogP contribution is 2.17. The normalized spacial score (nSPS) is 18.2. The lowest BCUT2D eigenvalue weighted by molar-refractivity contribution is -0.134. The summed E-state index contributed by atoms with van der Waals surface area (Å²) in [4.78, 5) is 16.6. The van der Waals surface area contributed by atoms with E-state index >= 15 is 0 Å². The second kappa shape index (κ2) is 8.86. The maximum absolute atomic E-state index is 13.1. The number of hydrogen-bond donors (Lipinski definition) is 1. The summed E-state index contributed by atoms with van der Waals surface area (Å²) in [5.74, 6) is -0.146. The van der Waals surface area contributed by atoms with Gasteiger partial charge in [-0.15, -0.1) is 10.2 Å². The number of benzene rings is 1. The molecule has 1 unspecified atom stereocenters. The van der Waals surface area contributed by atoms with Crippen molar-refractivity contribution in [3.8, 4) is 0 Å².